The summed E-state index contributed by atoms with van der Waals surface area (Å²) in [5.41, 5.74) is 0.928. The molecule has 0 atom stereocenters. The van der Waals surface area contributed by atoms with Crippen LogP contribution in [0.25, 0.3) is 0 Å². The van der Waals surface area contributed by atoms with Gasteiger partial charge in [0.25, 0.3) is 0 Å². The minimum atomic E-state index is 0.555. The van der Waals surface area contributed by atoms with Gasteiger partial charge in [-0.3, -0.25) is 0 Å². The minimum Gasteiger partial charge on any atom is -0.494 e. The summed E-state index contributed by atoms with van der Waals surface area (Å²) in [6.07, 6.45) is 0.622. The van der Waals surface area contributed by atoms with E-state index in [9.17, 15) is 0 Å². The summed E-state index contributed by atoms with van der Waals surface area (Å²) < 4.78 is 12.1. The molecule has 22 heavy (non-hydrogen) atoms. The molecule has 1 aromatic heterocycles. The molecule has 2 N–H and O–H groups in total. The molecule has 0 saturated carbocycles. The third kappa shape index (κ3) is 4.06. The number of hydrogen-bond acceptors (Lipinski definition) is 6. The van der Waals surface area contributed by atoms with Crippen LogP contribution in [-0.4, -0.2) is 35.2 Å². The third-order valence-electron chi connectivity index (χ3n) is 2.99. The number of thioether (sulfide) groups is 1. The van der Waals surface area contributed by atoms with Gasteiger partial charge in [0.05, 0.1) is 13.2 Å². The molecule has 120 valence electrons. The average Bonchev–Trinajstić information content (AvgIpc) is 2.85. The lowest BCUT2D eigenvalue weighted by molar-refractivity contribution is 0.200. The number of ether oxygens (including phenoxy) is 2. The summed E-state index contributed by atoms with van der Waals surface area (Å²) in [6.45, 7) is 3.08. The van der Waals surface area contributed by atoms with E-state index in [4.69, 9.17) is 26.9 Å². The number of halogens is 1. The van der Waals surface area contributed by atoms with Crippen molar-refractivity contribution in [3.05, 3.63) is 34.6 Å². The first-order valence-corrected chi connectivity index (χ1v) is 8.25. The van der Waals surface area contributed by atoms with Gasteiger partial charge in [0.2, 0.25) is 5.16 Å². The molecule has 1 heterocycles. The minimum absolute atomic E-state index is 0.555. The maximum Gasteiger partial charge on any atom is 0.210 e. The first kappa shape index (κ1) is 16.9. The normalized spacial score (nSPS) is 10.9. The van der Waals surface area contributed by atoms with E-state index in [1.165, 1.54) is 16.4 Å². The number of rotatable bonds is 8. The predicted molar refractivity (Wildman–Crippen MR) is 87.9 cm³/mol. The molecule has 1 aromatic carbocycles. The second-order valence-electron chi connectivity index (χ2n) is 4.45. The highest BCUT2D eigenvalue weighted by atomic mass is 35.5. The van der Waals surface area contributed by atoms with Crippen LogP contribution >= 0.6 is 23.4 Å². The van der Waals surface area contributed by atoms with E-state index < -0.39 is 0 Å². The molecule has 0 aliphatic carbocycles. The monoisotopic (exact) mass is 342 g/mol. The van der Waals surface area contributed by atoms with Crippen LogP contribution in [0, 0.1) is 0 Å². The van der Waals surface area contributed by atoms with E-state index in [0.717, 1.165) is 11.3 Å². The lowest BCUT2D eigenvalue weighted by Gasteiger charge is -2.11. The number of nitrogen functional groups attached to an aromatic ring is 1. The van der Waals surface area contributed by atoms with Gasteiger partial charge in [-0.05, 0) is 19.1 Å². The lowest BCUT2D eigenvalue weighted by Crippen LogP contribution is -2.15. The molecule has 2 aromatic rings. The molecule has 0 saturated heterocycles. The molecule has 0 bridgehead atoms. The predicted octanol–water partition coefficient (Wildman–Crippen LogP) is 2.53. The van der Waals surface area contributed by atoms with Crippen molar-refractivity contribution in [2.45, 2.75) is 24.3 Å². The molecule has 0 amide bonds. The Morgan fingerprint density at radius 2 is 2.18 bits per heavy atom. The van der Waals surface area contributed by atoms with Gasteiger partial charge in [-0.15, -0.1) is 10.2 Å². The molecule has 8 heteroatoms. The van der Waals surface area contributed by atoms with Crippen molar-refractivity contribution in [3.8, 4) is 5.75 Å². The summed E-state index contributed by atoms with van der Waals surface area (Å²) in [6, 6.07) is 5.62. The Bertz CT molecular complexity index is 621. The van der Waals surface area contributed by atoms with Crippen molar-refractivity contribution < 1.29 is 9.47 Å². The fraction of sp³-hybridized carbons (Fsp3) is 0.429. The van der Waals surface area contributed by atoms with Crippen molar-refractivity contribution in [2.24, 2.45) is 0 Å². The van der Waals surface area contributed by atoms with Crippen LogP contribution in [0.5, 0.6) is 5.75 Å². The van der Waals surface area contributed by atoms with E-state index in [-0.39, 0.29) is 0 Å². The van der Waals surface area contributed by atoms with Gasteiger partial charge in [-0.1, -0.05) is 29.4 Å². The third-order valence-corrected chi connectivity index (χ3v) is 4.31. The van der Waals surface area contributed by atoms with Gasteiger partial charge in [-0.2, -0.15) is 0 Å². The zero-order chi connectivity index (χ0) is 15.9. The van der Waals surface area contributed by atoms with Gasteiger partial charge >= 0.3 is 0 Å². The number of nitrogens with two attached hydrogens (primary N) is 1. The van der Waals surface area contributed by atoms with Crippen LogP contribution in [0.4, 0.5) is 0 Å². The van der Waals surface area contributed by atoms with Gasteiger partial charge in [0.1, 0.15) is 5.75 Å². The molecule has 0 unspecified atom stereocenters. The molecule has 0 aliphatic heterocycles. The maximum atomic E-state index is 6.26. The van der Waals surface area contributed by atoms with Gasteiger partial charge in [-0.25, -0.2) is 4.68 Å². The van der Waals surface area contributed by atoms with E-state index in [0.29, 0.717) is 41.4 Å². The van der Waals surface area contributed by atoms with Crippen molar-refractivity contribution in [1.29, 1.82) is 0 Å². The van der Waals surface area contributed by atoms with Crippen LogP contribution in [-0.2, 0) is 16.9 Å². The average molecular weight is 343 g/mol. The topological polar surface area (TPSA) is 75.2 Å². The van der Waals surface area contributed by atoms with Gasteiger partial charge < -0.3 is 15.3 Å². The highest BCUT2D eigenvalue weighted by Gasteiger charge is 2.13. The summed E-state index contributed by atoms with van der Waals surface area (Å²) >= 11 is 7.73. The second kappa shape index (κ2) is 8.26. The standard InChI is InChI=1S/C14H19ClN4O2S/c1-3-21-12-6-4-5-11(15)10(12)9-22-14-18-17-13(19(14)16)7-8-20-2/h4-6H,3,7-9,16H2,1-2H3. The quantitative estimate of drug-likeness (QED) is 0.587. The molecule has 6 nitrogen and oxygen atoms in total. The van der Waals surface area contributed by atoms with E-state index in [1.807, 2.05) is 25.1 Å². The van der Waals surface area contributed by atoms with Crippen LogP contribution < -0.4 is 10.6 Å². The molecule has 0 fully saturated rings. The van der Waals surface area contributed by atoms with Crippen LogP contribution in [0.15, 0.2) is 23.4 Å². The fourth-order valence-corrected chi connectivity index (χ4v) is 3.10. The highest BCUT2D eigenvalue weighted by Crippen LogP contribution is 2.32. The Hall–Kier alpha value is -1.44. The highest BCUT2D eigenvalue weighted by molar-refractivity contribution is 7.98. The number of hydrogen-bond donors (Lipinski definition) is 1. The summed E-state index contributed by atoms with van der Waals surface area (Å²) in [5, 5.41) is 9.47. The molecule has 0 spiro atoms. The Kier molecular flexibility index (Phi) is 6.35. The van der Waals surface area contributed by atoms with Crippen LogP contribution in [0.2, 0.25) is 5.02 Å². The van der Waals surface area contributed by atoms with E-state index >= 15 is 0 Å². The van der Waals surface area contributed by atoms with Crippen LogP contribution in [0.3, 0.4) is 0 Å². The largest absolute Gasteiger partial charge is 0.494 e. The van der Waals surface area contributed by atoms with Crippen molar-refractivity contribution in [1.82, 2.24) is 14.9 Å². The smallest absolute Gasteiger partial charge is 0.210 e. The summed E-state index contributed by atoms with van der Waals surface area (Å²) in [5.74, 6) is 8.07. The van der Waals surface area contributed by atoms with Crippen molar-refractivity contribution in [2.75, 3.05) is 26.2 Å². The molecule has 0 aliphatic rings. The summed E-state index contributed by atoms with van der Waals surface area (Å²) in [7, 11) is 1.64. The fourth-order valence-electron chi connectivity index (χ4n) is 1.88. The Labute approximate surface area is 138 Å². The lowest BCUT2D eigenvalue weighted by atomic mass is 10.2. The first-order valence-electron chi connectivity index (χ1n) is 6.88. The number of nitrogens with zero attached hydrogens (tertiary/aromatic N) is 3. The summed E-state index contributed by atoms with van der Waals surface area (Å²) in [4.78, 5) is 0. The zero-order valence-corrected chi connectivity index (χ0v) is 14.2. The SMILES string of the molecule is CCOc1cccc(Cl)c1CSc1nnc(CCOC)n1N. The Balaban J connectivity index is 2.09. The van der Waals surface area contributed by atoms with E-state index in [2.05, 4.69) is 10.2 Å². The number of methoxy groups -OCH3 is 1. The molecule has 0 radical (unpaired) electrons. The molecule has 2 rings (SSSR count). The van der Waals surface area contributed by atoms with E-state index in [1.54, 1.807) is 7.11 Å². The first-order chi connectivity index (χ1) is 10.7. The maximum absolute atomic E-state index is 6.26. The van der Waals surface area contributed by atoms with Crippen molar-refractivity contribution >= 4 is 23.4 Å². The second-order valence-corrected chi connectivity index (χ2v) is 5.80. The Morgan fingerprint density at radius 3 is 2.91 bits per heavy atom. The molecular formula is C14H19ClN4O2S. The Morgan fingerprint density at radius 1 is 1.36 bits per heavy atom. The van der Waals surface area contributed by atoms with Gasteiger partial charge in [0.15, 0.2) is 5.82 Å². The number of benzene rings is 1. The van der Waals surface area contributed by atoms with Gasteiger partial charge in [0, 0.05) is 29.9 Å². The van der Waals surface area contributed by atoms with Crippen molar-refractivity contribution in [3.63, 3.8) is 0 Å². The number of aromatic nitrogens is 3. The van der Waals surface area contributed by atoms with Crippen LogP contribution in [0.1, 0.15) is 18.3 Å². The zero-order valence-electron chi connectivity index (χ0n) is 12.6. The molecular weight excluding hydrogens is 324 g/mol.